The van der Waals surface area contributed by atoms with Crippen LogP contribution in [0.15, 0.2) is 48.6 Å². The van der Waals surface area contributed by atoms with Gasteiger partial charge in [0.25, 0.3) is 0 Å². The van der Waals surface area contributed by atoms with Crippen molar-refractivity contribution in [1.82, 2.24) is 0 Å². The quantitative estimate of drug-likeness (QED) is 0.0182. The van der Waals surface area contributed by atoms with Gasteiger partial charge in [-0.25, -0.2) is 4.57 Å². The van der Waals surface area contributed by atoms with Crippen LogP contribution in [-0.4, -0.2) is 52.3 Å². The summed E-state index contributed by atoms with van der Waals surface area (Å²) < 4.78 is 26.3. The van der Waals surface area contributed by atoms with Gasteiger partial charge in [-0.2, -0.15) is 0 Å². The summed E-state index contributed by atoms with van der Waals surface area (Å²) >= 11 is 0. The van der Waals surface area contributed by atoms with Crippen molar-refractivity contribution >= 4 is 19.8 Å². The van der Waals surface area contributed by atoms with Crippen LogP contribution in [0, 0.1) is 0 Å². The fourth-order valence-corrected chi connectivity index (χ4v) is 6.48. The lowest BCUT2D eigenvalue weighted by Gasteiger charge is -2.18. The van der Waals surface area contributed by atoms with Crippen LogP contribution in [0.4, 0.5) is 0 Å². The van der Waals surface area contributed by atoms with Gasteiger partial charge in [0, 0.05) is 12.8 Å². The number of rotatable bonds is 40. The molecule has 9 nitrogen and oxygen atoms in total. The first-order chi connectivity index (χ1) is 26.7. The molecule has 10 heteroatoms. The molecule has 0 aliphatic carbocycles. The van der Waals surface area contributed by atoms with Crippen molar-refractivity contribution in [2.45, 2.75) is 212 Å². The second-order valence-corrected chi connectivity index (χ2v) is 16.1. The summed E-state index contributed by atoms with van der Waals surface area (Å²) in [6.07, 6.45) is 45.9. The van der Waals surface area contributed by atoms with E-state index in [2.05, 4.69) is 30.5 Å². The van der Waals surface area contributed by atoms with Gasteiger partial charge in [0.1, 0.15) is 6.61 Å². The second kappa shape index (κ2) is 40.2. The van der Waals surface area contributed by atoms with Gasteiger partial charge >= 0.3 is 19.8 Å². The summed E-state index contributed by atoms with van der Waals surface area (Å²) in [6, 6.07) is 0. The first-order valence-corrected chi connectivity index (χ1v) is 23.6. The van der Waals surface area contributed by atoms with Crippen molar-refractivity contribution in [2.24, 2.45) is 0 Å². The number of hydrogen-bond acceptors (Lipinski definition) is 7. The number of carbonyl (C=O) groups is 2. The molecule has 3 N–H and O–H groups in total. The lowest BCUT2D eigenvalue weighted by atomic mass is 10.0. The largest absolute Gasteiger partial charge is 0.469 e. The minimum Gasteiger partial charge on any atom is -0.462 e. The Hall–Kier alpha value is -2.03. The Balaban J connectivity index is 4.00. The summed E-state index contributed by atoms with van der Waals surface area (Å²) in [5.41, 5.74) is 0. The molecule has 0 spiro atoms. The third-order valence-corrected chi connectivity index (χ3v) is 9.94. The number of carbonyl (C=O) groups excluding carboxylic acids is 2. The Morgan fingerprint density at radius 1 is 0.564 bits per heavy atom. The molecule has 0 aromatic heterocycles. The molecule has 0 aliphatic rings. The molecule has 0 fully saturated rings. The van der Waals surface area contributed by atoms with Crippen molar-refractivity contribution in [1.29, 1.82) is 0 Å². The van der Waals surface area contributed by atoms with Gasteiger partial charge in [0.05, 0.1) is 12.7 Å². The van der Waals surface area contributed by atoms with E-state index < -0.39 is 32.5 Å². The van der Waals surface area contributed by atoms with E-state index in [9.17, 15) is 19.3 Å². The monoisotopic (exact) mass is 797 g/mol. The lowest BCUT2D eigenvalue weighted by Crippen LogP contribution is -2.29. The molecule has 0 aromatic carbocycles. The molecular weight excluding hydrogens is 715 g/mol. The maximum atomic E-state index is 12.4. The number of phosphoric ester groups is 1. The predicted octanol–water partition coefficient (Wildman–Crippen LogP) is 12.5. The van der Waals surface area contributed by atoms with Crippen LogP contribution >= 0.6 is 7.82 Å². The lowest BCUT2D eigenvalue weighted by molar-refractivity contribution is -0.161. The fraction of sp³-hybridized carbons (Fsp3) is 0.778. The Morgan fingerprint density at radius 3 is 1.58 bits per heavy atom. The van der Waals surface area contributed by atoms with Gasteiger partial charge < -0.3 is 24.4 Å². The maximum Gasteiger partial charge on any atom is 0.469 e. The van der Waals surface area contributed by atoms with Crippen LogP contribution in [-0.2, 0) is 28.2 Å². The van der Waals surface area contributed by atoms with Crippen molar-refractivity contribution in [3.8, 4) is 0 Å². The van der Waals surface area contributed by atoms with Crippen molar-refractivity contribution in [2.75, 3.05) is 13.2 Å². The first-order valence-electron chi connectivity index (χ1n) is 22.0. The zero-order valence-electron chi connectivity index (χ0n) is 34.9. The molecule has 2 atom stereocenters. The van der Waals surface area contributed by atoms with Crippen molar-refractivity contribution in [3.63, 3.8) is 0 Å². The van der Waals surface area contributed by atoms with Gasteiger partial charge in [-0.15, -0.1) is 0 Å². The molecule has 320 valence electrons. The molecule has 0 unspecified atom stereocenters. The Kier molecular flexibility index (Phi) is 38.7. The van der Waals surface area contributed by atoms with E-state index in [1.807, 2.05) is 36.5 Å². The van der Waals surface area contributed by atoms with Crippen LogP contribution in [0.2, 0.25) is 0 Å². The van der Waals surface area contributed by atoms with Crippen LogP contribution in [0.25, 0.3) is 0 Å². The van der Waals surface area contributed by atoms with E-state index in [-0.39, 0.29) is 25.6 Å². The Bertz CT molecular complexity index is 1050. The molecule has 0 bridgehead atoms. The molecule has 0 aliphatic heterocycles. The number of ether oxygens (including phenoxy) is 2. The average molecular weight is 797 g/mol. The zero-order valence-corrected chi connectivity index (χ0v) is 35.8. The molecule has 0 saturated carbocycles. The minimum atomic E-state index is -4.78. The third kappa shape index (κ3) is 42.9. The summed E-state index contributed by atoms with van der Waals surface area (Å²) in [7, 11) is -4.78. The van der Waals surface area contributed by atoms with Gasteiger partial charge in [0.2, 0.25) is 0 Å². The third-order valence-electron chi connectivity index (χ3n) is 9.45. The minimum absolute atomic E-state index is 0.172. The topological polar surface area (TPSA) is 140 Å². The number of unbranched alkanes of at least 4 members (excludes halogenated alkanes) is 21. The molecule has 0 rings (SSSR count). The molecule has 55 heavy (non-hydrogen) atoms. The Morgan fingerprint density at radius 2 is 1.04 bits per heavy atom. The molecule has 0 amide bonds. The van der Waals surface area contributed by atoms with E-state index in [4.69, 9.17) is 19.3 Å². The van der Waals surface area contributed by atoms with E-state index in [1.54, 1.807) is 0 Å². The maximum absolute atomic E-state index is 12.4. The van der Waals surface area contributed by atoms with Gasteiger partial charge in [-0.3, -0.25) is 14.1 Å². The smallest absolute Gasteiger partial charge is 0.462 e. The number of aliphatic hydroxyl groups excluding tert-OH is 1. The predicted molar refractivity (Wildman–Crippen MR) is 227 cm³/mol. The fourth-order valence-electron chi connectivity index (χ4n) is 6.12. The number of hydrogen-bond donors (Lipinski definition) is 3. The molecular formula is C45H81O9P. The summed E-state index contributed by atoms with van der Waals surface area (Å²) in [6.45, 7) is 3.53. The van der Waals surface area contributed by atoms with Crippen LogP contribution < -0.4 is 0 Å². The number of allylic oxidation sites excluding steroid dienone is 7. The van der Waals surface area contributed by atoms with Crippen molar-refractivity contribution < 1.29 is 43.0 Å². The highest BCUT2D eigenvalue weighted by Gasteiger charge is 2.22. The van der Waals surface area contributed by atoms with E-state index in [1.165, 1.54) is 96.3 Å². The standard InChI is InChI=1S/C45H81O9P/c1-3-5-7-8-9-10-11-12-13-14-15-16-17-18-21-25-28-31-35-39-45(48)54-43(41-53-55(49,50)51)40-52-44(47)38-34-30-27-24-22-19-20-23-26-29-33-37-42(46)36-32-6-4-2/h19-20,24,26-27,29,33,37,42-43,46H,3-18,21-23,25,28,30-32,34-36,38-41H2,1-2H3,(H2,49,50,51)/b20-19-,27-24-,29-26-,37-33+/t42-,43-/m1/s1. The molecule has 0 radical (unpaired) electrons. The van der Waals surface area contributed by atoms with Gasteiger partial charge in [-0.05, 0) is 38.5 Å². The number of phosphoric acid groups is 1. The number of aliphatic hydroxyl groups is 1. The van der Waals surface area contributed by atoms with Crippen molar-refractivity contribution in [3.05, 3.63) is 48.6 Å². The summed E-state index contributed by atoms with van der Waals surface area (Å²) in [5.74, 6) is -0.971. The van der Waals surface area contributed by atoms with Crippen LogP contribution in [0.3, 0.4) is 0 Å². The Labute approximate surface area is 336 Å². The number of esters is 2. The molecule has 0 saturated heterocycles. The zero-order chi connectivity index (χ0) is 40.5. The van der Waals surface area contributed by atoms with Crippen LogP contribution in [0.5, 0.6) is 0 Å². The highest BCUT2D eigenvalue weighted by molar-refractivity contribution is 7.46. The molecule has 0 heterocycles. The normalized spacial score (nSPS) is 13.5. The highest BCUT2D eigenvalue weighted by atomic mass is 31.2. The van der Waals surface area contributed by atoms with E-state index >= 15 is 0 Å². The highest BCUT2D eigenvalue weighted by Crippen LogP contribution is 2.36. The van der Waals surface area contributed by atoms with Gasteiger partial charge in [0.15, 0.2) is 6.10 Å². The van der Waals surface area contributed by atoms with E-state index in [0.29, 0.717) is 19.3 Å². The first kappa shape index (κ1) is 53.0. The molecule has 0 aromatic rings. The summed E-state index contributed by atoms with van der Waals surface area (Å²) in [5, 5.41) is 9.87. The van der Waals surface area contributed by atoms with E-state index in [0.717, 1.165) is 57.8 Å². The average Bonchev–Trinajstić information content (AvgIpc) is 3.15. The SMILES string of the molecule is CCCCCCCCCCCCCCCCCCCCCC(=O)O[C@H](COC(=O)CCC/C=C\C/C=C\C/C=C\C=C\[C@H](O)CCCCC)COP(=O)(O)O. The van der Waals surface area contributed by atoms with Crippen LogP contribution in [0.1, 0.15) is 200 Å². The second-order valence-electron chi connectivity index (χ2n) is 14.9. The summed E-state index contributed by atoms with van der Waals surface area (Å²) in [4.78, 5) is 42.9. The van der Waals surface area contributed by atoms with Gasteiger partial charge in [-0.1, -0.05) is 197 Å².